The van der Waals surface area contributed by atoms with Crippen molar-refractivity contribution in [3.8, 4) is 5.75 Å². The van der Waals surface area contributed by atoms with Gasteiger partial charge in [-0.2, -0.15) is 0 Å². The van der Waals surface area contributed by atoms with E-state index < -0.39 is 5.91 Å². The van der Waals surface area contributed by atoms with Crippen LogP contribution in [-0.2, 0) is 16.0 Å². The van der Waals surface area contributed by atoms with Crippen molar-refractivity contribution in [1.82, 2.24) is 16.2 Å². The molecule has 0 radical (unpaired) electrons. The molecule has 2 amide bonds. The quantitative estimate of drug-likeness (QED) is 0.508. The SMILES string of the molecule is Cc1ccccc1OCC(=O)NNC(=S)NC(=O)CCc1ccccc1Cl. The molecule has 3 N–H and O–H groups in total. The second-order valence-electron chi connectivity index (χ2n) is 5.70. The predicted octanol–water partition coefficient (Wildman–Crippen LogP) is 2.68. The van der Waals surface area contributed by atoms with Gasteiger partial charge in [-0.15, -0.1) is 0 Å². The van der Waals surface area contributed by atoms with E-state index >= 15 is 0 Å². The van der Waals surface area contributed by atoms with E-state index in [4.69, 9.17) is 28.6 Å². The molecule has 0 atom stereocenters. The normalized spacial score (nSPS) is 10.0. The highest BCUT2D eigenvalue weighted by atomic mass is 35.5. The molecule has 0 spiro atoms. The zero-order valence-electron chi connectivity index (χ0n) is 14.8. The van der Waals surface area contributed by atoms with Gasteiger partial charge in [-0.25, -0.2) is 0 Å². The summed E-state index contributed by atoms with van der Waals surface area (Å²) in [5.74, 6) is -0.0770. The number of ether oxygens (including phenoxy) is 1. The van der Waals surface area contributed by atoms with Crippen LogP contribution in [0.3, 0.4) is 0 Å². The second kappa shape index (κ2) is 10.5. The molecular weight excluding hydrogens is 386 g/mol. The molecule has 2 rings (SSSR count). The molecule has 0 aliphatic carbocycles. The van der Waals surface area contributed by atoms with Crippen molar-refractivity contribution in [2.75, 3.05) is 6.61 Å². The number of rotatable bonds is 6. The third kappa shape index (κ3) is 7.24. The summed E-state index contributed by atoms with van der Waals surface area (Å²) in [5.41, 5.74) is 6.65. The van der Waals surface area contributed by atoms with E-state index in [0.717, 1.165) is 11.1 Å². The summed E-state index contributed by atoms with van der Waals surface area (Å²) in [4.78, 5) is 23.7. The third-order valence-corrected chi connectivity index (χ3v) is 4.17. The molecule has 0 unspecified atom stereocenters. The first-order valence-electron chi connectivity index (χ1n) is 8.26. The molecule has 0 heterocycles. The fourth-order valence-corrected chi connectivity index (χ4v) is 2.59. The fourth-order valence-electron chi connectivity index (χ4n) is 2.19. The third-order valence-electron chi connectivity index (χ3n) is 3.60. The number of hydrogen-bond acceptors (Lipinski definition) is 4. The molecular formula is C19H20ClN3O3S. The van der Waals surface area contributed by atoms with Gasteiger partial charge in [0.1, 0.15) is 5.75 Å². The predicted molar refractivity (Wildman–Crippen MR) is 108 cm³/mol. The maximum atomic E-state index is 11.9. The number of thiocarbonyl (C=S) groups is 1. The Balaban J connectivity index is 1.66. The van der Waals surface area contributed by atoms with E-state index in [1.165, 1.54) is 0 Å². The summed E-state index contributed by atoms with van der Waals surface area (Å²) in [5, 5.41) is 3.11. The second-order valence-corrected chi connectivity index (χ2v) is 6.51. The minimum atomic E-state index is -0.425. The number of carbonyl (C=O) groups excluding carboxylic acids is 2. The van der Waals surface area contributed by atoms with Gasteiger partial charge in [0.15, 0.2) is 11.7 Å². The van der Waals surface area contributed by atoms with Crippen molar-refractivity contribution in [1.29, 1.82) is 0 Å². The van der Waals surface area contributed by atoms with Crippen LogP contribution in [0.25, 0.3) is 0 Å². The van der Waals surface area contributed by atoms with Crippen LogP contribution in [0.15, 0.2) is 48.5 Å². The number of amides is 2. The van der Waals surface area contributed by atoms with Crippen molar-refractivity contribution in [2.45, 2.75) is 19.8 Å². The van der Waals surface area contributed by atoms with Crippen LogP contribution < -0.4 is 20.9 Å². The summed E-state index contributed by atoms with van der Waals surface area (Å²) in [6.07, 6.45) is 0.709. The molecule has 142 valence electrons. The number of hydrogen-bond donors (Lipinski definition) is 3. The summed E-state index contributed by atoms with van der Waals surface area (Å²) in [6, 6.07) is 14.7. The van der Waals surface area contributed by atoms with Crippen molar-refractivity contribution < 1.29 is 14.3 Å². The Kier molecular flexibility index (Phi) is 8.03. The minimum absolute atomic E-state index is 0.00315. The van der Waals surface area contributed by atoms with Gasteiger partial charge in [0.05, 0.1) is 0 Å². The van der Waals surface area contributed by atoms with Crippen molar-refractivity contribution in [2.24, 2.45) is 0 Å². The summed E-state index contributed by atoms with van der Waals surface area (Å²) in [7, 11) is 0. The molecule has 8 heteroatoms. The lowest BCUT2D eigenvalue weighted by molar-refractivity contribution is -0.124. The molecule has 0 bridgehead atoms. The molecule has 0 aliphatic heterocycles. The first-order valence-corrected chi connectivity index (χ1v) is 9.05. The largest absolute Gasteiger partial charge is 0.483 e. The number of para-hydroxylation sites is 1. The smallest absolute Gasteiger partial charge is 0.276 e. The topological polar surface area (TPSA) is 79.5 Å². The van der Waals surface area contributed by atoms with Gasteiger partial charge in [0.2, 0.25) is 5.91 Å². The van der Waals surface area contributed by atoms with Crippen LogP contribution in [0.5, 0.6) is 5.75 Å². The number of aryl methyl sites for hydroxylation is 2. The highest BCUT2D eigenvalue weighted by Crippen LogP contribution is 2.16. The van der Waals surface area contributed by atoms with Gasteiger partial charge in [0, 0.05) is 11.4 Å². The van der Waals surface area contributed by atoms with Gasteiger partial charge in [-0.3, -0.25) is 20.4 Å². The van der Waals surface area contributed by atoms with E-state index in [2.05, 4.69) is 16.2 Å². The minimum Gasteiger partial charge on any atom is -0.483 e. The molecule has 2 aromatic rings. The lowest BCUT2D eigenvalue weighted by Gasteiger charge is -2.12. The lowest BCUT2D eigenvalue weighted by atomic mass is 10.1. The van der Waals surface area contributed by atoms with E-state index in [0.29, 0.717) is 17.2 Å². The molecule has 27 heavy (non-hydrogen) atoms. The summed E-state index contributed by atoms with van der Waals surface area (Å²) >= 11 is 11.0. The molecule has 6 nitrogen and oxygen atoms in total. The van der Waals surface area contributed by atoms with Crippen LogP contribution in [0.1, 0.15) is 17.5 Å². The number of nitrogens with one attached hydrogen (secondary N) is 3. The lowest BCUT2D eigenvalue weighted by Crippen LogP contribution is -2.49. The van der Waals surface area contributed by atoms with Gasteiger partial charge < -0.3 is 10.1 Å². The molecule has 0 saturated carbocycles. The molecule has 0 fully saturated rings. The van der Waals surface area contributed by atoms with Crippen molar-refractivity contribution in [3.63, 3.8) is 0 Å². The van der Waals surface area contributed by atoms with Gasteiger partial charge >= 0.3 is 0 Å². The van der Waals surface area contributed by atoms with Crippen LogP contribution in [0, 0.1) is 6.92 Å². The number of hydrazine groups is 1. The summed E-state index contributed by atoms with van der Waals surface area (Å²) < 4.78 is 5.42. The zero-order valence-corrected chi connectivity index (χ0v) is 16.3. The Morgan fingerprint density at radius 2 is 1.74 bits per heavy atom. The first kappa shape index (κ1) is 20.7. The number of halogens is 1. The Hall–Kier alpha value is -2.64. The average Bonchev–Trinajstić information content (AvgIpc) is 2.65. The van der Waals surface area contributed by atoms with E-state index in [1.54, 1.807) is 12.1 Å². The molecule has 0 aliphatic rings. The zero-order chi connectivity index (χ0) is 19.6. The Labute approximate surface area is 168 Å². The van der Waals surface area contributed by atoms with Crippen LogP contribution in [0.2, 0.25) is 5.02 Å². The van der Waals surface area contributed by atoms with Gasteiger partial charge in [0.25, 0.3) is 5.91 Å². The van der Waals surface area contributed by atoms with Gasteiger partial charge in [-0.1, -0.05) is 48.0 Å². The number of carbonyl (C=O) groups is 2. The highest BCUT2D eigenvalue weighted by Gasteiger charge is 2.08. The summed E-state index contributed by atoms with van der Waals surface area (Å²) in [6.45, 7) is 1.71. The average molecular weight is 406 g/mol. The fraction of sp³-hybridized carbons (Fsp3) is 0.211. The first-order chi connectivity index (χ1) is 13.0. The van der Waals surface area contributed by atoms with Crippen LogP contribution in [0.4, 0.5) is 0 Å². The maximum Gasteiger partial charge on any atom is 0.276 e. The van der Waals surface area contributed by atoms with Gasteiger partial charge in [-0.05, 0) is 48.8 Å². The highest BCUT2D eigenvalue weighted by molar-refractivity contribution is 7.80. The van der Waals surface area contributed by atoms with Crippen LogP contribution >= 0.6 is 23.8 Å². The Bertz CT molecular complexity index is 829. The Morgan fingerprint density at radius 1 is 1.04 bits per heavy atom. The monoisotopic (exact) mass is 405 g/mol. The van der Waals surface area contributed by atoms with Crippen molar-refractivity contribution >= 4 is 40.7 Å². The van der Waals surface area contributed by atoms with E-state index in [9.17, 15) is 9.59 Å². The molecule has 0 aromatic heterocycles. The molecule has 2 aromatic carbocycles. The number of benzene rings is 2. The maximum absolute atomic E-state index is 11.9. The van der Waals surface area contributed by atoms with Crippen LogP contribution in [-0.4, -0.2) is 23.5 Å². The standard InChI is InChI=1S/C19H20ClN3O3S/c1-13-6-2-5-9-16(13)26-12-18(25)22-23-19(27)21-17(24)11-10-14-7-3-4-8-15(14)20/h2-9H,10-12H2,1H3,(H,22,25)(H2,21,23,24,27). The van der Waals surface area contributed by atoms with E-state index in [-0.39, 0.29) is 24.0 Å². The molecule has 0 saturated heterocycles. The van der Waals surface area contributed by atoms with E-state index in [1.807, 2.05) is 43.3 Å². The van der Waals surface area contributed by atoms with Crippen molar-refractivity contribution in [3.05, 3.63) is 64.7 Å². The Morgan fingerprint density at radius 3 is 2.48 bits per heavy atom.